The van der Waals surface area contributed by atoms with Gasteiger partial charge in [-0.05, 0) is 42.6 Å². The molecule has 4 heteroatoms. The maximum Gasteiger partial charge on any atom is 0.337 e. The fourth-order valence-electron chi connectivity index (χ4n) is 2.01. The van der Waals surface area contributed by atoms with Crippen LogP contribution in [0.4, 0.5) is 4.39 Å². The number of halogens is 1. The van der Waals surface area contributed by atoms with Crippen molar-refractivity contribution < 1.29 is 13.2 Å². The molecule has 0 heterocycles. The van der Waals surface area contributed by atoms with E-state index in [0.717, 1.165) is 30.5 Å². The van der Waals surface area contributed by atoms with Gasteiger partial charge in [-0.1, -0.05) is 19.1 Å². The molecule has 0 aliphatic carbocycles. The van der Waals surface area contributed by atoms with Gasteiger partial charge in [0.2, 0.25) is 0 Å². The highest BCUT2D eigenvalue weighted by atomic mass is 28.4. The van der Waals surface area contributed by atoms with Crippen LogP contribution in [0.1, 0.15) is 18.9 Å². The van der Waals surface area contributed by atoms with Crippen LogP contribution in [0.5, 0.6) is 0 Å². The average molecular weight is 256 g/mol. The Bertz CT molecular complexity index is 332. The SMILES string of the molecule is CC[Si](CCCc1cccc(F)c1)(OC)OC. The van der Waals surface area contributed by atoms with Crippen molar-refractivity contribution in [1.82, 2.24) is 0 Å². The van der Waals surface area contributed by atoms with Gasteiger partial charge in [-0.25, -0.2) is 4.39 Å². The molecule has 0 aliphatic rings. The van der Waals surface area contributed by atoms with Crippen molar-refractivity contribution in [2.75, 3.05) is 14.2 Å². The summed E-state index contributed by atoms with van der Waals surface area (Å²) in [5, 5.41) is 0. The van der Waals surface area contributed by atoms with Crippen molar-refractivity contribution in [3.8, 4) is 0 Å². The summed E-state index contributed by atoms with van der Waals surface area (Å²) < 4.78 is 24.1. The van der Waals surface area contributed by atoms with E-state index in [1.54, 1.807) is 26.4 Å². The van der Waals surface area contributed by atoms with Crippen LogP contribution < -0.4 is 0 Å². The Morgan fingerprint density at radius 3 is 2.47 bits per heavy atom. The van der Waals surface area contributed by atoms with Crippen LogP contribution in [0.15, 0.2) is 24.3 Å². The van der Waals surface area contributed by atoms with Crippen LogP contribution >= 0.6 is 0 Å². The second-order valence-corrected chi connectivity index (χ2v) is 8.00. The van der Waals surface area contributed by atoms with Crippen molar-refractivity contribution in [3.05, 3.63) is 35.6 Å². The third kappa shape index (κ3) is 4.22. The molecular weight excluding hydrogens is 235 g/mol. The van der Waals surface area contributed by atoms with E-state index in [1.807, 2.05) is 6.07 Å². The maximum absolute atomic E-state index is 13.0. The second-order valence-electron chi connectivity index (χ2n) is 4.16. The number of benzene rings is 1. The Labute approximate surface area is 104 Å². The molecule has 2 nitrogen and oxygen atoms in total. The van der Waals surface area contributed by atoms with Gasteiger partial charge < -0.3 is 8.85 Å². The third-order valence-corrected chi connectivity index (χ3v) is 6.88. The maximum atomic E-state index is 13.0. The highest BCUT2D eigenvalue weighted by Gasteiger charge is 2.32. The van der Waals surface area contributed by atoms with Crippen molar-refractivity contribution in [3.63, 3.8) is 0 Å². The zero-order chi connectivity index (χ0) is 12.7. The molecule has 0 spiro atoms. The zero-order valence-electron chi connectivity index (χ0n) is 10.8. The fourth-order valence-corrected chi connectivity index (χ4v) is 4.23. The number of hydrogen-bond acceptors (Lipinski definition) is 2. The monoisotopic (exact) mass is 256 g/mol. The van der Waals surface area contributed by atoms with Crippen LogP contribution in [0.2, 0.25) is 12.1 Å². The summed E-state index contributed by atoms with van der Waals surface area (Å²) in [7, 11) is 1.47. The summed E-state index contributed by atoms with van der Waals surface area (Å²) in [4.78, 5) is 0. The van der Waals surface area contributed by atoms with Gasteiger partial charge >= 0.3 is 8.56 Å². The lowest BCUT2D eigenvalue weighted by molar-refractivity contribution is 0.242. The Morgan fingerprint density at radius 2 is 1.94 bits per heavy atom. The minimum absolute atomic E-state index is 0.167. The first-order valence-electron chi connectivity index (χ1n) is 6.00. The molecular formula is C13H21FO2Si. The molecule has 0 radical (unpaired) electrons. The quantitative estimate of drug-likeness (QED) is 0.695. The Hall–Kier alpha value is -0.713. The molecule has 0 aliphatic heterocycles. The number of hydrogen-bond donors (Lipinski definition) is 0. The predicted molar refractivity (Wildman–Crippen MR) is 69.8 cm³/mol. The first-order valence-corrected chi connectivity index (χ1v) is 8.23. The van der Waals surface area contributed by atoms with Crippen molar-refractivity contribution in [2.24, 2.45) is 0 Å². The highest BCUT2D eigenvalue weighted by molar-refractivity contribution is 6.67. The van der Waals surface area contributed by atoms with Gasteiger partial charge in [0.15, 0.2) is 0 Å². The van der Waals surface area contributed by atoms with Gasteiger partial charge in [0.1, 0.15) is 5.82 Å². The third-order valence-electron chi connectivity index (χ3n) is 3.19. The van der Waals surface area contributed by atoms with Crippen molar-refractivity contribution in [2.45, 2.75) is 31.9 Å². The predicted octanol–water partition coefficient (Wildman–Crippen LogP) is 3.51. The van der Waals surface area contributed by atoms with Gasteiger partial charge in [0, 0.05) is 14.2 Å². The lowest BCUT2D eigenvalue weighted by Crippen LogP contribution is -2.39. The molecule has 0 atom stereocenters. The minimum atomic E-state index is -1.98. The average Bonchev–Trinajstić information content (AvgIpc) is 2.35. The molecule has 0 N–H and O–H groups in total. The minimum Gasteiger partial charge on any atom is -0.398 e. The summed E-state index contributed by atoms with van der Waals surface area (Å²) in [5.74, 6) is -0.167. The van der Waals surface area contributed by atoms with Crippen molar-refractivity contribution in [1.29, 1.82) is 0 Å². The van der Waals surface area contributed by atoms with Gasteiger partial charge in [-0.2, -0.15) is 0 Å². The van der Waals surface area contributed by atoms with E-state index in [4.69, 9.17) is 8.85 Å². The van der Waals surface area contributed by atoms with E-state index in [0.29, 0.717) is 0 Å². The summed E-state index contributed by atoms with van der Waals surface area (Å²) in [6, 6.07) is 8.67. The van der Waals surface area contributed by atoms with Gasteiger partial charge in [-0.3, -0.25) is 0 Å². The number of rotatable bonds is 7. The Balaban J connectivity index is 2.46. The summed E-state index contributed by atoms with van der Waals surface area (Å²) >= 11 is 0. The Kier molecular flexibility index (Phi) is 5.81. The van der Waals surface area contributed by atoms with E-state index in [-0.39, 0.29) is 5.82 Å². The molecule has 0 aromatic heterocycles. The summed E-state index contributed by atoms with van der Waals surface area (Å²) in [6.07, 6.45) is 1.85. The molecule has 1 aromatic carbocycles. The zero-order valence-corrected chi connectivity index (χ0v) is 11.8. The molecule has 0 amide bonds. The van der Waals surface area contributed by atoms with E-state index in [2.05, 4.69) is 6.92 Å². The Morgan fingerprint density at radius 1 is 1.24 bits per heavy atom. The van der Waals surface area contributed by atoms with Crippen LogP contribution in [-0.2, 0) is 15.3 Å². The molecule has 17 heavy (non-hydrogen) atoms. The lowest BCUT2D eigenvalue weighted by Gasteiger charge is -2.25. The van der Waals surface area contributed by atoms with E-state index >= 15 is 0 Å². The van der Waals surface area contributed by atoms with E-state index < -0.39 is 8.56 Å². The van der Waals surface area contributed by atoms with Crippen LogP contribution in [0, 0.1) is 5.82 Å². The molecule has 96 valence electrons. The van der Waals surface area contributed by atoms with Gasteiger partial charge in [0.05, 0.1) is 0 Å². The van der Waals surface area contributed by atoms with Crippen LogP contribution in [-0.4, -0.2) is 22.8 Å². The lowest BCUT2D eigenvalue weighted by atomic mass is 10.1. The topological polar surface area (TPSA) is 18.5 Å². The smallest absolute Gasteiger partial charge is 0.337 e. The van der Waals surface area contributed by atoms with Crippen LogP contribution in [0.25, 0.3) is 0 Å². The van der Waals surface area contributed by atoms with E-state index in [9.17, 15) is 4.39 Å². The molecule has 1 rings (SSSR count). The van der Waals surface area contributed by atoms with Gasteiger partial charge in [0.25, 0.3) is 0 Å². The van der Waals surface area contributed by atoms with Gasteiger partial charge in [-0.15, -0.1) is 0 Å². The van der Waals surface area contributed by atoms with Crippen LogP contribution in [0.3, 0.4) is 0 Å². The largest absolute Gasteiger partial charge is 0.398 e. The fraction of sp³-hybridized carbons (Fsp3) is 0.538. The standard InChI is InChI=1S/C13H21FO2Si/c1-4-17(15-2,16-3)10-6-8-12-7-5-9-13(14)11-12/h5,7,9,11H,4,6,8,10H2,1-3H3. The molecule has 0 fully saturated rings. The first-order chi connectivity index (χ1) is 8.15. The summed E-state index contributed by atoms with van der Waals surface area (Å²) in [6.45, 7) is 2.10. The molecule has 0 saturated carbocycles. The molecule has 0 saturated heterocycles. The normalized spacial score (nSPS) is 11.8. The van der Waals surface area contributed by atoms with E-state index in [1.165, 1.54) is 6.07 Å². The van der Waals surface area contributed by atoms with Crippen molar-refractivity contribution >= 4 is 8.56 Å². The molecule has 0 unspecified atom stereocenters. The first kappa shape index (κ1) is 14.3. The highest BCUT2D eigenvalue weighted by Crippen LogP contribution is 2.20. The molecule has 1 aromatic rings. The second kappa shape index (κ2) is 6.89. The molecule has 0 bridgehead atoms. The number of aryl methyl sites for hydroxylation is 1. The summed E-state index contributed by atoms with van der Waals surface area (Å²) in [5.41, 5.74) is 1.04.